The zero-order chi connectivity index (χ0) is 20.7. The van der Waals surface area contributed by atoms with E-state index in [1.54, 1.807) is 18.3 Å². The van der Waals surface area contributed by atoms with Crippen LogP contribution in [0.15, 0.2) is 42.7 Å². The minimum absolute atomic E-state index is 0.186. The van der Waals surface area contributed by atoms with Crippen LogP contribution in [0.25, 0.3) is 0 Å². The summed E-state index contributed by atoms with van der Waals surface area (Å²) in [4.78, 5) is 34.9. The summed E-state index contributed by atoms with van der Waals surface area (Å²) in [7, 11) is 1.50. The van der Waals surface area contributed by atoms with E-state index < -0.39 is 23.7 Å². The van der Waals surface area contributed by atoms with E-state index >= 15 is 0 Å². The largest absolute Gasteiger partial charge is 0.504 e. The van der Waals surface area contributed by atoms with Crippen molar-refractivity contribution in [1.29, 1.82) is 0 Å². The summed E-state index contributed by atoms with van der Waals surface area (Å²) >= 11 is 0. The molecule has 28 heavy (non-hydrogen) atoms. The molecule has 1 atom stereocenters. The lowest BCUT2D eigenvalue weighted by molar-refractivity contribution is -0.727. The maximum atomic E-state index is 11.9. The highest BCUT2D eigenvalue weighted by atomic mass is 16.6. The number of hydrogen-bond acceptors (Lipinski definition) is 6. The molecule has 1 heterocycles. The van der Waals surface area contributed by atoms with Crippen LogP contribution in [-0.4, -0.2) is 46.9 Å². The van der Waals surface area contributed by atoms with Gasteiger partial charge in [-0.2, -0.15) is 4.57 Å². The number of carbonyl (C=O) groups is 3. The maximum Gasteiger partial charge on any atom is 0.412 e. The molecule has 2 rings (SSSR count). The molecule has 0 fully saturated rings. The summed E-state index contributed by atoms with van der Waals surface area (Å²) in [5.41, 5.74) is 0.586. The van der Waals surface area contributed by atoms with Crippen molar-refractivity contribution in [2.24, 2.45) is 0 Å². The Bertz CT molecular complexity index is 885. The first-order valence-electron chi connectivity index (χ1n) is 8.18. The normalized spacial score (nSPS) is 11.3. The molecule has 0 saturated heterocycles. The van der Waals surface area contributed by atoms with E-state index in [1.807, 2.05) is 0 Å². The third-order valence-corrected chi connectivity index (χ3v) is 3.84. The van der Waals surface area contributed by atoms with Crippen LogP contribution in [0.2, 0.25) is 0 Å². The molecule has 1 aromatic heterocycles. The number of alkyl carbamates (subject to hydrolysis) is 1. The number of carbonyl (C=O) groups excluding carboxylic acids is 2. The van der Waals surface area contributed by atoms with Crippen LogP contribution >= 0.6 is 0 Å². The SMILES string of the molecule is CNC(=O)c1ccc[n+](COC(=O)NCC(C(=O)O)c2ccc(O)c(O)c2)c1. The van der Waals surface area contributed by atoms with E-state index in [0.717, 1.165) is 12.1 Å². The first-order chi connectivity index (χ1) is 13.3. The van der Waals surface area contributed by atoms with Crippen LogP contribution in [0, 0.1) is 0 Å². The summed E-state index contributed by atoms with van der Waals surface area (Å²) in [6, 6.07) is 6.82. The number of aromatic nitrogens is 1. The van der Waals surface area contributed by atoms with Crippen LogP contribution < -0.4 is 15.2 Å². The third kappa shape index (κ3) is 5.34. The molecular weight excluding hydrogens is 370 g/mol. The Morgan fingerprint density at radius 3 is 2.57 bits per heavy atom. The van der Waals surface area contributed by atoms with Gasteiger partial charge in [0.25, 0.3) is 12.6 Å². The monoisotopic (exact) mass is 390 g/mol. The van der Waals surface area contributed by atoms with Crippen LogP contribution in [-0.2, 0) is 16.3 Å². The Balaban J connectivity index is 1.94. The zero-order valence-electron chi connectivity index (χ0n) is 15.0. The molecular formula is C18H20N3O7+. The van der Waals surface area contributed by atoms with Gasteiger partial charge in [-0.1, -0.05) is 6.07 Å². The van der Waals surface area contributed by atoms with Gasteiger partial charge in [0.15, 0.2) is 23.9 Å². The van der Waals surface area contributed by atoms with Crippen molar-refractivity contribution in [1.82, 2.24) is 10.6 Å². The van der Waals surface area contributed by atoms with Crippen molar-refractivity contribution in [3.8, 4) is 11.5 Å². The maximum absolute atomic E-state index is 11.9. The first-order valence-corrected chi connectivity index (χ1v) is 8.18. The smallest absolute Gasteiger partial charge is 0.412 e. The Morgan fingerprint density at radius 1 is 1.18 bits per heavy atom. The van der Waals surface area contributed by atoms with Crippen LogP contribution in [0.3, 0.4) is 0 Å². The molecule has 1 unspecified atom stereocenters. The fraction of sp³-hybridized carbons (Fsp3) is 0.222. The summed E-state index contributed by atoms with van der Waals surface area (Å²) in [6.45, 7) is -0.476. The lowest BCUT2D eigenvalue weighted by atomic mass is 9.99. The minimum Gasteiger partial charge on any atom is -0.504 e. The second-order valence-corrected chi connectivity index (χ2v) is 5.77. The Morgan fingerprint density at radius 2 is 1.93 bits per heavy atom. The van der Waals surface area contributed by atoms with E-state index in [-0.39, 0.29) is 30.5 Å². The summed E-state index contributed by atoms with van der Waals surface area (Å²) in [5.74, 6) is -3.50. The van der Waals surface area contributed by atoms with Crippen molar-refractivity contribution in [3.63, 3.8) is 0 Å². The van der Waals surface area contributed by atoms with Crippen molar-refractivity contribution < 1.29 is 39.0 Å². The standard InChI is InChI=1S/C18H19N3O7/c1-19-16(24)12-3-2-6-21(9-12)10-28-18(27)20-8-13(17(25)26)11-4-5-14(22)15(23)7-11/h2-7,9,13H,8,10H2,1H3,(H4-,19,20,22,23,24,25,26,27)/p+1. The number of benzene rings is 1. The van der Waals surface area contributed by atoms with Gasteiger partial charge in [0.2, 0.25) is 0 Å². The number of pyridine rings is 1. The highest BCUT2D eigenvalue weighted by Crippen LogP contribution is 2.28. The predicted molar refractivity (Wildman–Crippen MR) is 94.7 cm³/mol. The topological polar surface area (TPSA) is 149 Å². The average molecular weight is 390 g/mol. The average Bonchev–Trinajstić information content (AvgIpc) is 2.68. The quantitative estimate of drug-likeness (QED) is 0.337. The number of carboxylic acid groups (broad SMARTS) is 1. The van der Waals surface area contributed by atoms with Crippen LogP contribution in [0.5, 0.6) is 11.5 Å². The van der Waals surface area contributed by atoms with Gasteiger partial charge in [0.1, 0.15) is 5.56 Å². The van der Waals surface area contributed by atoms with E-state index in [9.17, 15) is 29.7 Å². The fourth-order valence-corrected chi connectivity index (χ4v) is 2.36. The van der Waals surface area contributed by atoms with E-state index in [0.29, 0.717) is 5.56 Å². The lowest BCUT2D eigenvalue weighted by Gasteiger charge is -2.14. The number of amides is 2. The lowest BCUT2D eigenvalue weighted by Crippen LogP contribution is -2.40. The van der Waals surface area contributed by atoms with Gasteiger partial charge in [0, 0.05) is 19.7 Å². The van der Waals surface area contributed by atoms with E-state index in [4.69, 9.17) is 4.74 Å². The summed E-state index contributed by atoms with van der Waals surface area (Å²) in [5, 5.41) is 33.0. The second kappa shape index (κ2) is 9.21. The molecule has 5 N–H and O–H groups in total. The van der Waals surface area contributed by atoms with Gasteiger partial charge >= 0.3 is 12.1 Å². The molecule has 10 heteroatoms. The molecule has 2 aromatic rings. The van der Waals surface area contributed by atoms with E-state index in [1.165, 1.54) is 23.9 Å². The Hall–Kier alpha value is -3.82. The summed E-state index contributed by atoms with van der Waals surface area (Å²) in [6.07, 6.45) is 2.23. The molecule has 0 aliphatic rings. The zero-order valence-corrected chi connectivity index (χ0v) is 15.0. The molecule has 1 aromatic carbocycles. The molecule has 0 aliphatic carbocycles. The number of phenolic OH excluding ortho intramolecular Hbond substituents is 2. The number of aliphatic carboxylic acids is 1. The number of ether oxygens (including phenoxy) is 1. The highest BCUT2D eigenvalue weighted by molar-refractivity contribution is 5.93. The number of aromatic hydroxyl groups is 2. The third-order valence-electron chi connectivity index (χ3n) is 3.84. The molecule has 0 spiro atoms. The van der Waals surface area contributed by atoms with Gasteiger partial charge in [-0.3, -0.25) is 9.59 Å². The van der Waals surface area contributed by atoms with Crippen LogP contribution in [0.1, 0.15) is 21.8 Å². The predicted octanol–water partition coefficient (Wildman–Crippen LogP) is 0.297. The second-order valence-electron chi connectivity index (χ2n) is 5.77. The first kappa shape index (κ1) is 20.5. The Kier molecular flexibility index (Phi) is 6.74. The number of hydrogen-bond donors (Lipinski definition) is 5. The van der Waals surface area contributed by atoms with Gasteiger partial charge in [-0.05, 0) is 23.8 Å². The van der Waals surface area contributed by atoms with Crippen molar-refractivity contribution in [2.75, 3.05) is 13.6 Å². The molecule has 0 bridgehead atoms. The molecule has 0 saturated carbocycles. The number of nitrogens with zero attached hydrogens (tertiary/aromatic N) is 1. The van der Waals surface area contributed by atoms with Crippen molar-refractivity contribution >= 4 is 18.0 Å². The minimum atomic E-state index is -1.22. The molecule has 0 aliphatic heterocycles. The van der Waals surface area contributed by atoms with Gasteiger partial charge in [-0.15, -0.1) is 0 Å². The van der Waals surface area contributed by atoms with Crippen molar-refractivity contribution in [3.05, 3.63) is 53.9 Å². The number of carboxylic acids is 1. The fourth-order valence-electron chi connectivity index (χ4n) is 2.36. The molecule has 0 radical (unpaired) electrons. The highest BCUT2D eigenvalue weighted by Gasteiger charge is 2.22. The Labute approximate surface area is 160 Å². The molecule has 10 nitrogen and oxygen atoms in total. The van der Waals surface area contributed by atoms with E-state index in [2.05, 4.69) is 10.6 Å². The number of nitrogens with one attached hydrogen (secondary N) is 2. The molecule has 2 amide bonds. The number of rotatable bonds is 7. The van der Waals surface area contributed by atoms with Crippen molar-refractivity contribution in [2.45, 2.75) is 12.6 Å². The summed E-state index contributed by atoms with van der Waals surface area (Å²) < 4.78 is 6.47. The van der Waals surface area contributed by atoms with Gasteiger partial charge < -0.3 is 30.7 Å². The van der Waals surface area contributed by atoms with Gasteiger partial charge in [0.05, 0.1) is 5.92 Å². The number of phenols is 2. The van der Waals surface area contributed by atoms with Gasteiger partial charge in [-0.25, -0.2) is 4.79 Å². The molecule has 148 valence electrons. The van der Waals surface area contributed by atoms with Crippen LogP contribution in [0.4, 0.5) is 4.79 Å².